The summed E-state index contributed by atoms with van der Waals surface area (Å²) in [5.41, 5.74) is 0. The third-order valence-corrected chi connectivity index (χ3v) is 3.92. The summed E-state index contributed by atoms with van der Waals surface area (Å²) in [6.07, 6.45) is 0.450. The summed E-state index contributed by atoms with van der Waals surface area (Å²) in [6, 6.07) is 9.19. The number of carbonyl (C=O) groups excluding carboxylic acids is 1. The van der Waals surface area contributed by atoms with Crippen molar-refractivity contribution in [3.05, 3.63) is 30.3 Å². The lowest BCUT2D eigenvalue weighted by Gasteiger charge is -2.34. The van der Waals surface area contributed by atoms with E-state index in [1.165, 1.54) is 0 Å². The predicted octanol–water partition coefficient (Wildman–Crippen LogP) is 2.21. The van der Waals surface area contributed by atoms with Crippen LogP contribution in [-0.4, -0.2) is 47.7 Å². The summed E-state index contributed by atoms with van der Waals surface area (Å²) >= 11 is 0. The molecule has 1 aromatic rings. The van der Waals surface area contributed by atoms with E-state index >= 15 is 0 Å². The number of hydrogen-bond acceptors (Lipinski definition) is 3. The van der Waals surface area contributed by atoms with Gasteiger partial charge in [0, 0.05) is 13.1 Å². The van der Waals surface area contributed by atoms with Crippen LogP contribution in [-0.2, 0) is 4.79 Å². The van der Waals surface area contributed by atoms with Crippen molar-refractivity contribution in [2.75, 3.05) is 19.6 Å². The molecule has 0 aromatic heterocycles. The van der Waals surface area contributed by atoms with Crippen LogP contribution >= 0.6 is 0 Å². The predicted molar refractivity (Wildman–Crippen MR) is 86.4 cm³/mol. The fourth-order valence-corrected chi connectivity index (χ4v) is 2.81. The van der Waals surface area contributed by atoms with E-state index in [1.807, 2.05) is 44.2 Å². The average Bonchev–Trinajstić information content (AvgIpc) is 2.53. The normalized spacial score (nSPS) is 22.3. The Bertz CT molecular complexity index is 535. The number of amides is 2. The van der Waals surface area contributed by atoms with Crippen molar-refractivity contribution >= 4 is 12.0 Å². The molecule has 3 atom stereocenters. The number of aliphatic carboxylic acids is 1. The minimum Gasteiger partial charge on any atom is -0.489 e. The van der Waals surface area contributed by atoms with Crippen LogP contribution in [0.3, 0.4) is 0 Å². The molecule has 1 saturated heterocycles. The number of ether oxygens (including phenoxy) is 1. The van der Waals surface area contributed by atoms with Gasteiger partial charge in [-0.3, -0.25) is 4.79 Å². The van der Waals surface area contributed by atoms with Crippen LogP contribution < -0.4 is 10.1 Å². The monoisotopic (exact) mass is 320 g/mol. The molecule has 126 valence electrons. The quantitative estimate of drug-likeness (QED) is 0.872. The Morgan fingerprint density at radius 2 is 2.04 bits per heavy atom. The Balaban J connectivity index is 1.80. The first-order chi connectivity index (χ1) is 11.0. The molecule has 1 fully saturated rings. The lowest BCUT2D eigenvalue weighted by molar-refractivity contribution is -0.143. The first-order valence-corrected chi connectivity index (χ1v) is 7.93. The van der Waals surface area contributed by atoms with Crippen LogP contribution in [0.25, 0.3) is 0 Å². The second-order valence-electron chi connectivity index (χ2n) is 6.21. The lowest BCUT2D eigenvalue weighted by Crippen LogP contribution is -2.50. The van der Waals surface area contributed by atoms with Gasteiger partial charge in [-0.05, 0) is 31.4 Å². The minimum atomic E-state index is -0.838. The van der Waals surface area contributed by atoms with E-state index < -0.39 is 11.9 Å². The number of carboxylic acid groups (broad SMARTS) is 1. The van der Waals surface area contributed by atoms with Gasteiger partial charge < -0.3 is 20.1 Å². The van der Waals surface area contributed by atoms with Crippen LogP contribution in [0.1, 0.15) is 20.3 Å². The molecule has 0 spiro atoms. The highest BCUT2D eigenvalue weighted by Gasteiger charge is 2.31. The maximum atomic E-state index is 12.2. The van der Waals surface area contributed by atoms with Crippen LogP contribution in [0, 0.1) is 11.8 Å². The number of piperidine rings is 1. The number of hydrogen-bond donors (Lipinski definition) is 2. The molecule has 0 radical (unpaired) electrons. The molecule has 1 heterocycles. The summed E-state index contributed by atoms with van der Waals surface area (Å²) in [6.45, 7) is 5.07. The molecule has 1 aliphatic rings. The standard InChI is InChI=1S/C17H24N2O4/c1-12-8-14(16(20)21)11-19(10-12)17(22)18-9-13(2)23-15-6-4-3-5-7-15/h3-7,12-14H,8-11H2,1-2H3,(H,18,22)(H,20,21). The summed E-state index contributed by atoms with van der Waals surface area (Å²) in [5, 5.41) is 12.0. The molecule has 3 unspecified atom stereocenters. The van der Waals surface area contributed by atoms with Gasteiger partial charge in [-0.15, -0.1) is 0 Å². The van der Waals surface area contributed by atoms with Gasteiger partial charge in [-0.2, -0.15) is 0 Å². The first kappa shape index (κ1) is 17.1. The number of rotatable bonds is 5. The van der Waals surface area contributed by atoms with Gasteiger partial charge in [0.05, 0.1) is 12.5 Å². The van der Waals surface area contributed by atoms with Crippen molar-refractivity contribution in [1.82, 2.24) is 10.2 Å². The average molecular weight is 320 g/mol. The molecule has 23 heavy (non-hydrogen) atoms. The number of nitrogens with zero attached hydrogens (tertiary/aromatic N) is 1. The van der Waals surface area contributed by atoms with Gasteiger partial charge in [-0.1, -0.05) is 25.1 Å². The highest BCUT2D eigenvalue weighted by molar-refractivity contribution is 5.76. The Morgan fingerprint density at radius 1 is 1.35 bits per heavy atom. The Hall–Kier alpha value is -2.24. The van der Waals surface area contributed by atoms with Gasteiger partial charge >= 0.3 is 12.0 Å². The van der Waals surface area contributed by atoms with Crippen molar-refractivity contribution in [3.8, 4) is 5.75 Å². The smallest absolute Gasteiger partial charge is 0.317 e. The number of carboxylic acids is 1. The zero-order valence-electron chi connectivity index (χ0n) is 13.6. The summed E-state index contributed by atoms with van der Waals surface area (Å²) in [7, 11) is 0. The fraction of sp³-hybridized carbons (Fsp3) is 0.529. The maximum Gasteiger partial charge on any atom is 0.317 e. The molecule has 0 bridgehead atoms. The number of likely N-dealkylation sites (tertiary alicyclic amines) is 1. The third-order valence-electron chi connectivity index (χ3n) is 3.92. The highest BCUT2D eigenvalue weighted by Crippen LogP contribution is 2.21. The molecule has 6 nitrogen and oxygen atoms in total. The van der Waals surface area contributed by atoms with E-state index in [4.69, 9.17) is 9.84 Å². The number of benzene rings is 1. The molecule has 2 rings (SSSR count). The van der Waals surface area contributed by atoms with Crippen LogP contribution in [0.15, 0.2) is 30.3 Å². The number of urea groups is 1. The summed E-state index contributed by atoms with van der Waals surface area (Å²) in [5.74, 6) is -0.377. The zero-order valence-corrected chi connectivity index (χ0v) is 13.6. The number of nitrogens with one attached hydrogen (secondary N) is 1. The van der Waals surface area contributed by atoms with Gasteiger partial charge in [0.25, 0.3) is 0 Å². The largest absolute Gasteiger partial charge is 0.489 e. The van der Waals surface area contributed by atoms with E-state index in [1.54, 1.807) is 4.90 Å². The second-order valence-corrected chi connectivity index (χ2v) is 6.21. The van der Waals surface area contributed by atoms with E-state index in [-0.39, 0.29) is 24.6 Å². The van der Waals surface area contributed by atoms with Gasteiger partial charge in [0.2, 0.25) is 0 Å². The van der Waals surface area contributed by atoms with Crippen LogP contribution in [0.4, 0.5) is 4.79 Å². The fourth-order valence-electron chi connectivity index (χ4n) is 2.81. The van der Waals surface area contributed by atoms with E-state index in [9.17, 15) is 9.59 Å². The minimum absolute atomic E-state index is 0.168. The Kier molecular flexibility index (Phi) is 5.84. The molecular weight excluding hydrogens is 296 g/mol. The zero-order chi connectivity index (χ0) is 16.8. The molecular formula is C17H24N2O4. The van der Waals surface area contributed by atoms with Crippen molar-refractivity contribution in [2.24, 2.45) is 11.8 Å². The Morgan fingerprint density at radius 3 is 2.70 bits per heavy atom. The number of carbonyl (C=O) groups is 2. The number of para-hydroxylation sites is 1. The molecule has 1 aromatic carbocycles. The van der Waals surface area contributed by atoms with Crippen molar-refractivity contribution < 1.29 is 19.4 Å². The van der Waals surface area contributed by atoms with Crippen LogP contribution in [0.2, 0.25) is 0 Å². The van der Waals surface area contributed by atoms with E-state index in [0.29, 0.717) is 19.5 Å². The van der Waals surface area contributed by atoms with Crippen molar-refractivity contribution in [2.45, 2.75) is 26.4 Å². The van der Waals surface area contributed by atoms with Crippen LogP contribution in [0.5, 0.6) is 5.75 Å². The van der Waals surface area contributed by atoms with E-state index in [0.717, 1.165) is 5.75 Å². The highest BCUT2D eigenvalue weighted by atomic mass is 16.5. The van der Waals surface area contributed by atoms with Gasteiger partial charge in [0.1, 0.15) is 11.9 Å². The van der Waals surface area contributed by atoms with Crippen molar-refractivity contribution in [1.29, 1.82) is 0 Å². The second kappa shape index (κ2) is 7.85. The van der Waals surface area contributed by atoms with Crippen molar-refractivity contribution in [3.63, 3.8) is 0 Å². The maximum absolute atomic E-state index is 12.2. The lowest BCUT2D eigenvalue weighted by atomic mass is 9.91. The Labute approximate surface area is 136 Å². The van der Waals surface area contributed by atoms with Gasteiger partial charge in [0.15, 0.2) is 0 Å². The molecule has 2 N–H and O–H groups in total. The topological polar surface area (TPSA) is 78.9 Å². The van der Waals surface area contributed by atoms with Gasteiger partial charge in [-0.25, -0.2) is 4.79 Å². The molecule has 1 aliphatic heterocycles. The molecule has 6 heteroatoms. The summed E-state index contributed by atoms with van der Waals surface area (Å²) in [4.78, 5) is 25.0. The molecule has 2 amide bonds. The SMILES string of the molecule is CC1CC(C(=O)O)CN(C(=O)NCC(C)Oc2ccccc2)C1. The molecule has 0 saturated carbocycles. The van der Waals surface area contributed by atoms with E-state index in [2.05, 4.69) is 5.32 Å². The third kappa shape index (κ3) is 5.16. The molecule has 0 aliphatic carbocycles. The summed E-state index contributed by atoms with van der Waals surface area (Å²) < 4.78 is 5.71. The first-order valence-electron chi connectivity index (χ1n) is 7.93.